The third-order valence-corrected chi connectivity index (χ3v) is 4.86. The minimum atomic E-state index is 0.119. The van der Waals surface area contributed by atoms with Gasteiger partial charge < -0.3 is 9.64 Å². The van der Waals surface area contributed by atoms with E-state index in [1.54, 1.807) is 0 Å². The number of Topliss-reactive ketones (excluding diaryl/α,β-unsaturated/α-hetero) is 1. The first-order chi connectivity index (χ1) is 9.25. The quantitative estimate of drug-likeness (QED) is 0.783. The summed E-state index contributed by atoms with van der Waals surface area (Å²) in [6.45, 7) is 1.63. The maximum Gasteiger partial charge on any atom is 0.225 e. The van der Waals surface area contributed by atoms with Crippen LogP contribution in [0.5, 0.6) is 0 Å². The predicted octanol–water partition coefficient (Wildman–Crippen LogP) is 1.92. The minimum absolute atomic E-state index is 0.119. The van der Waals surface area contributed by atoms with Crippen LogP contribution in [0.15, 0.2) is 0 Å². The largest absolute Gasteiger partial charge is 0.378 e. The summed E-state index contributed by atoms with van der Waals surface area (Å²) >= 11 is 0. The van der Waals surface area contributed by atoms with Crippen molar-refractivity contribution in [2.75, 3.05) is 13.2 Å². The molecule has 0 aromatic rings. The lowest BCUT2D eigenvalue weighted by molar-refractivity contribution is -0.136. The monoisotopic (exact) mass is 265 g/mol. The molecule has 2 aliphatic heterocycles. The molecule has 3 aliphatic rings. The molecule has 2 saturated heterocycles. The first kappa shape index (κ1) is 13.1. The number of nitrogens with zero attached hydrogens (tertiary/aromatic N) is 1. The zero-order valence-corrected chi connectivity index (χ0v) is 11.5. The van der Waals surface area contributed by atoms with Gasteiger partial charge in [-0.1, -0.05) is 0 Å². The highest BCUT2D eigenvalue weighted by Crippen LogP contribution is 2.34. The molecule has 2 heterocycles. The zero-order chi connectivity index (χ0) is 13.2. The second-order valence-corrected chi connectivity index (χ2v) is 6.10. The lowest BCUT2D eigenvalue weighted by Gasteiger charge is -2.29. The van der Waals surface area contributed by atoms with Crippen LogP contribution < -0.4 is 0 Å². The summed E-state index contributed by atoms with van der Waals surface area (Å²) in [6.07, 6.45) is 7.47. The Bertz CT molecular complexity index is 362. The van der Waals surface area contributed by atoms with Crippen LogP contribution in [0.25, 0.3) is 0 Å². The first-order valence-corrected chi connectivity index (χ1v) is 7.69. The summed E-state index contributed by atoms with van der Waals surface area (Å²) in [6, 6.07) is 0.184. The normalized spacial score (nSPS) is 35.3. The van der Waals surface area contributed by atoms with Crippen LogP contribution in [-0.4, -0.2) is 41.9 Å². The van der Waals surface area contributed by atoms with Gasteiger partial charge in [0.05, 0.1) is 12.5 Å². The first-order valence-electron chi connectivity index (χ1n) is 7.69. The number of ketones is 1. The fourth-order valence-corrected chi connectivity index (χ4v) is 3.89. The van der Waals surface area contributed by atoms with E-state index in [9.17, 15) is 9.59 Å². The molecule has 3 atom stereocenters. The molecule has 1 aliphatic carbocycles. The van der Waals surface area contributed by atoms with Crippen LogP contribution in [0.1, 0.15) is 51.4 Å². The van der Waals surface area contributed by atoms with E-state index in [1.807, 2.05) is 4.90 Å². The van der Waals surface area contributed by atoms with Gasteiger partial charge in [-0.25, -0.2) is 0 Å². The van der Waals surface area contributed by atoms with Crippen molar-refractivity contribution in [3.8, 4) is 0 Å². The van der Waals surface area contributed by atoms with Crippen molar-refractivity contribution in [3.63, 3.8) is 0 Å². The van der Waals surface area contributed by atoms with Crippen molar-refractivity contribution in [3.05, 3.63) is 0 Å². The van der Waals surface area contributed by atoms with Crippen LogP contribution in [0.3, 0.4) is 0 Å². The van der Waals surface area contributed by atoms with Gasteiger partial charge in [0, 0.05) is 31.5 Å². The molecule has 0 aromatic heterocycles. The van der Waals surface area contributed by atoms with E-state index in [0.29, 0.717) is 12.2 Å². The topological polar surface area (TPSA) is 46.6 Å². The Kier molecular flexibility index (Phi) is 3.87. The molecule has 1 amide bonds. The molecular formula is C15H23NO3. The molecular weight excluding hydrogens is 242 g/mol. The van der Waals surface area contributed by atoms with E-state index in [2.05, 4.69) is 0 Å². The number of rotatable bonds is 3. The average molecular weight is 265 g/mol. The lowest BCUT2D eigenvalue weighted by atomic mass is 9.95. The van der Waals surface area contributed by atoms with Gasteiger partial charge in [0.15, 0.2) is 0 Å². The number of amides is 1. The molecule has 0 spiro atoms. The van der Waals surface area contributed by atoms with E-state index in [0.717, 1.165) is 58.1 Å². The lowest BCUT2D eigenvalue weighted by Crippen LogP contribution is -2.42. The molecule has 1 saturated carbocycles. The summed E-state index contributed by atoms with van der Waals surface area (Å²) < 4.78 is 5.55. The highest BCUT2D eigenvalue weighted by Gasteiger charge is 2.40. The number of hydrogen-bond donors (Lipinski definition) is 0. The van der Waals surface area contributed by atoms with Crippen molar-refractivity contribution in [2.45, 2.75) is 63.5 Å². The van der Waals surface area contributed by atoms with E-state index >= 15 is 0 Å². The maximum atomic E-state index is 12.4. The molecule has 4 nitrogen and oxygen atoms in total. The van der Waals surface area contributed by atoms with Crippen LogP contribution in [0.4, 0.5) is 0 Å². The molecule has 3 fully saturated rings. The zero-order valence-electron chi connectivity index (χ0n) is 11.5. The Balaban J connectivity index is 1.61. The van der Waals surface area contributed by atoms with Crippen LogP contribution in [-0.2, 0) is 14.3 Å². The third kappa shape index (κ3) is 2.69. The summed E-state index contributed by atoms with van der Waals surface area (Å²) in [7, 11) is 0. The van der Waals surface area contributed by atoms with Gasteiger partial charge in [-0.2, -0.15) is 0 Å². The standard InChI is InChI=1S/C15H23NO3/c17-14-7-1-5-12(14)13-6-2-8-16(13)15(18)10-11-4-3-9-19-11/h11-13H,1-10H2. The highest BCUT2D eigenvalue weighted by atomic mass is 16.5. The average Bonchev–Trinajstić information content (AvgIpc) is 3.07. The van der Waals surface area contributed by atoms with E-state index < -0.39 is 0 Å². The number of ether oxygens (including phenoxy) is 1. The van der Waals surface area contributed by atoms with Crippen LogP contribution in [0.2, 0.25) is 0 Å². The van der Waals surface area contributed by atoms with Gasteiger partial charge in [-0.05, 0) is 38.5 Å². The highest BCUT2D eigenvalue weighted by molar-refractivity contribution is 5.85. The second-order valence-electron chi connectivity index (χ2n) is 6.10. The molecule has 0 aromatic carbocycles. The maximum absolute atomic E-state index is 12.4. The van der Waals surface area contributed by atoms with Crippen LogP contribution in [0, 0.1) is 5.92 Å². The fourth-order valence-electron chi connectivity index (χ4n) is 3.89. The number of likely N-dealkylation sites (tertiary alicyclic amines) is 1. The number of carbonyl (C=O) groups excluding carboxylic acids is 2. The number of hydrogen-bond acceptors (Lipinski definition) is 3. The Morgan fingerprint density at radius 1 is 1.21 bits per heavy atom. The Morgan fingerprint density at radius 3 is 2.79 bits per heavy atom. The summed E-state index contributed by atoms with van der Waals surface area (Å²) in [4.78, 5) is 26.3. The summed E-state index contributed by atoms with van der Waals surface area (Å²) in [5, 5.41) is 0. The number of carbonyl (C=O) groups is 2. The minimum Gasteiger partial charge on any atom is -0.378 e. The Morgan fingerprint density at radius 2 is 2.11 bits per heavy atom. The van der Waals surface area contributed by atoms with Gasteiger partial charge in [-0.3, -0.25) is 9.59 Å². The molecule has 0 radical (unpaired) electrons. The van der Waals surface area contributed by atoms with Crippen molar-refractivity contribution in [2.24, 2.45) is 5.92 Å². The fraction of sp³-hybridized carbons (Fsp3) is 0.867. The molecule has 106 valence electrons. The van der Waals surface area contributed by atoms with E-state index in [1.165, 1.54) is 0 Å². The molecule has 3 unspecified atom stereocenters. The summed E-state index contributed by atoms with van der Waals surface area (Å²) in [5.74, 6) is 0.701. The summed E-state index contributed by atoms with van der Waals surface area (Å²) in [5.41, 5.74) is 0. The predicted molar refractivity (Wildman–Crippen MR) is 70.7 cm³/mol. The smallest absolute Gasteiger partial charge is 0.225 e. The molecule has 0 bridgehead atoms. The van der Waals surface area contributed by atoms with Gasteiger partial charge in [0.25, 0.3) is 0 Å². The van der Waals surface area contributed by atoms with Crippen molar-refractivity contribution in [1.29, 1.82) is 0 Å². The Hall–Kier alpha value is -0.900. The van der Waals surface area contributed by atoms with Gasteiger partial charge in [-0.15, -0.1) is 0 Å². The van der Waals surface area contributed by atoms with Crippen molar-refractivity contribution >= 4 is 11.7 Å². The van der Waals surface area contributed by atoms with Crippen LogP contribution >= 0.6 is 0 Å². The van der Waals surface area contributed by atoms with Crippen molar-refractivity contribution < 1.29 is 14.3 Å². The van der Waals surface area contributed by atoms with E-state index in [-0.39, 0.29) is 24.0 Å². The second kappa shape index (κ2) is 5.61. The van der Waals surface area contributed by atoms with Crippen molar-refractivity contribution in [1.82, 2.24) is 4.90 Å². The molecule has 0 N–H and O–H groups in total. The molecule has 19 heavy (non-hydrogen) atoms. The van der Waals surface area contributed by atoms with Gasteiger partial charge >= 0.3 is 0 Å². The van der Waals surface area contributed by atoms with Gasteiger partial charge in [0.1, 0.15) is 5.78 Å². The third-order valence-electron chi connectivity index (χ3n) is 4.86. The SMILES string of the molecule is O=C1CCCC1C1CCCN1C(=O)CC1CCCO1. The molecule has 4 heteroatoms. The van der Waals surface area contributed by atoms with E-state index in [4.69, 9.17) is 4.74 Å². The Labute approximate surface area is 114 Å². The molecule has 3 rings (SSSR count). The van der Waals surface area contributed by atoms with Gasteiger partial charge in [0.2, 0.25) is 5.91 Å².